The van der Waals surface area contributed by atoms with Gasteiger partial charge in [0.05, 0.1) is 37.8 Å². The minimum atomic E-state index is -0.414. The van der Waals surface area contributed by atoms with E-state index in [1.54, 1.807) is 30.6 Å². The van der Waals surface area contributed by atoms with E-state index in [0.717, 1.165) is 46.7 Å². The van der Waals surface area contributed by atoms with Gasteiger partial charge in [-0.25, -0.2) is 4.57 Å². The molecule has 0 bridgehead atoms. The van der Waals surface area contributed by atoms with Crippen LogP contribution < -0.4 is 19.7 Å². The van der Waals surface area contributed by atoms with Gasteiger partial charge in [-0.05, 0) is 100 Å². The van der Waals surface area contributed by atoms with Gasteiger partial charge in [-0.2, -0.15) is 9.13 Å². The summed E-state index contributed by atoms with van der Waals surface area (Å²) in [5.74, 6) is 2.19. The molecular weight excluding hydrogens is 1670 g/mol. The van der Waals surface area contributed by atoms with E-state index < -0.39 is 17.7 Å². The van der Waals surface area contributed by atoms with Gasteiger partial charge in [0.15, 0.2) is 23.8 Å². The van der Waals surface area contributed by atoms with E-state index >= 15 is 0 Å². The van der Waals surface area contributed by atoms with Gasteiger partial charge in [-0.15, -0.1) is 83.9 Å². The van der Waals surface area contributed by atoms with E-state index in [1.165, 1.54) is 76.7 Å². The van der Waals surface area contributed by atoms with Gasteiger partial charge < -0.3 is 23.8 Å². The van der Waals surface area contributed by atoms with Crippen LogP contribution in [0.3, 0.4) is 0 Å². The first-order valence-corrected chi connectivity index (χ1v) is 34.5. The van der Waals surface area contributed by atoms with Crippen molar-refractivity contribution in [3.63, 3.8) is 0 Å². The number of fused-ring (bicyclic) bond motifs is 16. The molecule has 0 amide bonds. The third kappa shape index (κ3) is 14.4. The molecule has 0 N–H and O–H groups in total. The van der Waals surface area contributed by atoms with Crippen LogP contribution in [-0.2, 0) is 59.7 Å². The summed E-state index contributed by atoms with van der Waals surface area (Å²) in [6.45, 7) is 0.947. The molecule has 17 aromatic rings. The Labute approximate surface area is 658 Å². The van der Waals surface area contributed by atoms with Crippen LogP contribution in [0, 0.1) is 18.2 Å². The Morgan fingerprint density at radius 3 is 1.94 bits per heavy atom. The summed E-state index contributed by atoms with van der Waals surface area (Å²) in [7, 11) is 0. The molecule has 6 aromatic heterocycles. The molecule has 5 aliphatic heterocycles. The quantitative estimate of drug-likeness (QED) is 0.0963. The average Bonchev–Trinajstić information content (AvgIpc) is 1.58. The predicted octanol–water partition coefficient (Wildman–Crippen LogP) is 19.4. The van der Waals surface area contributed by atoms with Crippen molar-refractivity contribution in [3.8, 4) is 67.9 Å². The molecular formula is C94H68Ir2N9O2-. The molecule has 5 aliphatic rings. The van der Waals surface area contributed by atoms with Crippen molar-refractivity contribution in [2.24, 2.45) is 0 Å². The number of rotatable bonds is 5. The molecule has 107 heavy (non-hydrogen) atoms. The van der Waals surface area contributed by atoms with E-state index in [9.17, 15) is 4.79 Å². The maximum Gasteiger partial charge on any atom is 0.295 e. The summed E-state index contributed by atoms with van der Waals surface area (Å²) in [4.78, 5) is 29.4. The monoisotopic (exact) mass is 1750 g/mol. The van der Waals surface area contributed by atoms with Gasteiger partial charge in [0.25, 0.3) is 11.4 Å². The van der Waals surface area contributed by atoms with Crippen molar-refractivity contribution in [1.82, 2.24) is 29.0 Å². The van der Waals surface area contributed by atoms with Gasteiger partial charge in [-0.1, -0.05) is 193 Å². The maximum atomic E-state index is 11.8. The van der Waals surface area contributed by atoms with Crippen LogP contribution in [-0.4, -0.2) is 35.2 Å². The second-order valence-corrected chi connectivity index (χ2v) is 25.0. The first kappa shape index (κ1) is 60.8. The molecule has 11 nitrogen and oxygen atoms in total. The zero-order chi connectivity index (χ0) is 77.2. The zero-order valence-corrected chi connectivity index (χ0v) is 62.1. The summed E-state index contributed by atoms with van der Waals surface area (Å²) >= 11 is 0. The van der Waals surface area contributed by atoms with Gasteiger partial charge >= 0.3 is 0 Å². The first-order chi connectivity index (χ1) is 55.4. The number of nitrogens with zero attached hydrogens (tertiary/aromatic N) is 9. The van der Waals surface area contributed by atoms with Gasteiger partial charge in [0.1, 0.15) is 19.8 Å². The molecule has 0 saturated heterocycles. The zero-order valence-electron chi connectivity index (χ0n) is 65.3. The summed E-state index contributed by atoms with van der Waals surface area (Å²) < 4.78 is 76.1. The molecule has 22 rings (SSSR count). The smallest absolute Gasteiger partial charge is 0.295 e. The number of benzene rings is 11. The minimum Gasteiger partial charge on any atom is -0.496 e. The van der Waals surface area contributed by atoms with Crippen molar-refractivity contribution in [2.75, 3.05) is 4.90 Å². The third-order valence-electron chi connectivity index (χ3n) is 18.7. The number of allylic oxidation sites excluding steroid dienone is 3. The average molecular weight is 1750 g/mol. The Kier molecular flexibility index (Phi) is 18.3. The number of hydrogen-bond acceptors (Lipinski definition) is 7. The van der Waals surface area contributed by atoms with E-state index in [-0.39, 0.29) is 94.4 Å². The van der Waals surface area contributed by atoms with E-state index in [4.69, 9.17) is 15.4 Å². The van der Waals surface area contributed by atoms with E-state index in [2.05, 4.69) is 245 Å². The molecule has 1 atom stereocenters. The molecule has 11 heterocycles. The number of hydrogen-bond donors (Lipinski definition) is 0. The van der Waals surface area contributed by atoms with Gasteiger partial charge in [-0.3, -0.25) is 14.8 Å². The summed E-state index contributed by atoms with van der Waals surface area (Å²) in [6, 6.07) is 97.5. The fourth-order valence-electron chi connectivity index (χ4n) is 14.0. The number of imidazole rings is 2. The minimum absolute atomic E-state index is 0. The summed E-state index contributed by atoms with van der Waals surface area (Å²) in [5.41, 5.74) is 16.4. The van der Waals surface area contributed by atoms with Crippen LogP contribution in [0.25, 0.3) is 111 Å². The van der Waals surface area contributed by atoms with Gasteiger partial charge in [0, 0.05) is 135 Å². The van der Waals surface area contributed by atoms with Crippen LogP contribution in [0.15, 0.2) is 386 Å². The Balaban J connectivity index is 0.000000110. The number of aromatic nitrogens is 7. The Hall–Kier alpha value is -12.6. The number of pyridine rings is 3. The normalized spacial score (nSPS) is 14.1. The molecule has 2 radical (unpaired) electrons. The molecule has 0 spiro atoms. The fraction of sp³-hybridized carbons (Fsp3) is 0.0426. The molecule has 0 fully saturated rings. The van der Waals surface area contributed by atoms with Crippen molar-refractivity contribution < 1.29 is 64.7 Å². The van der Waals surface area contributed by atoms with Crippen LogP contribution >= 0.6 is 0 Å². The van der Waals surface area contributed by atoms with Crippen LogP contribution in [0.1, 0.15) is 27.7 Å². The molecule has 520 valence electrons. The third-order valence-corrected chi connectivity index (χ3v) is 18.7. The van der Waals surface area contributed by atoms with E-state index in [1.807, 2.05) is 103 Å². The van der Waals surface area contributed by atoms with Crippen molar-refractivity contribution in [2.45, 2.75) is 25.7 Å². The van der Waals surface area contributed by atoms with E-state index in [0.29, 0.717) is 28.6 Å². The topological polar surface area (TPSA) is 93.0 Å². The standard InChI is InChI=1S/C24H17N2.C19H13N2.C14H12N2.C14H8NO2.C12H10N.C11H8N.2Ir/c1-3-11-19-17(8-1)10-7-15-21(19)26-23-14-6-5-13-22(23)25-16-18-9-2-4-12-20(18)24(25)26;1-2-8-16(9-3-1)19-20-13-14-21(19)18-12-6-10-15-7-4-5-11-17(15)18;1-2-7-13-11(5-1)9-14-15-8-4-3-6-12(15)10-16(13)14;16-14-11(12-6-3-4-8-15-12)9-10-5-1-2-7-13(10)17-14;1-2-6-11-10(5-1)9-13-8-4-3-7-12(11)13;1-2-6-10(7-3-1)11-8-4-5-9-12-11;;/h1-15H,16H2;1-8,10-14H;1-8,10,14H,9H2;1-8H;1-8H,9H2;1-6,8-9H;;/q+1;-1;;-1;+1;-1;;/i;;;;1D,2D,3D,4D,5D,6D,7D,8D;;;. The van der Waals surface area contributed by atoms with Crippen LogP contribution in [0.5, 0.6) is 0 Å². The molecule has 1 unspecified atom stereocenters. The Morgan fingerprint density at radius 1 is 0.514 bits per heavy atom. The van der Waals surface area contributed by atoms with Crippen LogP contribution in [0.2, 0.25) is 0 Å². The van der Waals surface area contributed by atoms with Crippen molar-refractivity contribution in [1.29, 1.82) is 0 Å². The predicted molar refractivity (Wildman–Crippen MR) is 420 cm³/mol. The van der Waals surface area contributed by atoms with Crippen molar-refractivity contribution >= 4 is 49.2 Å². The molecule has 0 saturated carbocycles. The molecule has 13 heteroatoms. The molecule has 11 aromatic carbocycles. The number of anilines is 1. The second kappa shape index (κ2) is 32.2. The van der Waals surface area contributed by atoms with Crippen molar-refractivity contribution in [3.05, 3.63) is 422 Å². The van der Waals surface area contributed by atoms with Crippen LogP contribution in [0.4, 0.5) is 5.69 Å². The summed E-state index contributed by atoms with van der Waals surface area (Å²) in [6.07, 6.45) is 19.3. The molecule has 0 aliphatic carbocycles. The fourth-order valence-corrected chi connectivity index (χ4v) is 14.0. The number of para-hydroxylation sites is 4. The first-order valence-electron chi connectivity index (χ1n) is 38.5. The maximum absolute atomic E-state index is 11.8. The summed E-state index contributed by atoms with van der Waals surface area (Å²) in [5, 5.41) is 5.77. The second-order valence-electron chi connectivity index (χ2n) is 25.0. The Morgan fingerprint density at radius 2 is 1.16 bits per heavy atom. The Bertz CT molecular complexity index is 6550. The van der Waals surface area contributed by atoms with Gasteiger partial charge in [0.2, 0.25) is 5.69 Å². The SMILES string of the molecule is C1=CC2=CN3c4ccccc4CC3N2C=C1.O=c1oc2ccccc2[c-]c1-c1ccccn1.[2H]c1c([2H])c([2H])c2c(c1[2H])C[n+]1c([2H])c([2H])c([2H])c([2H])c1-2.[Ir].[Ir].[c-]1ccccc1-c1ccccn1.[c-]1ccccc1-c1nccn1-c1cccc2ccccc12.c1ccc2c(c1)C[n+]1c-2n(-c2cccc3ccccc23)c2ccccc21. The largest absolute Gasteiger partial charge is 0.496 e.